The number of hydrogen-bond donors (Lipinski definition) is 1. The van der Waals surface area contributed by atoms with E-state index in [4.69, 9.17) is 0 Å². The van der Waals surface area contributed by atoms with Crippen LogP contribution in [0.25, 0.3) is 0 Å². The van der Waals surface area contributed by atoms with Crippen LogP contribution in [0.2, 0.25) is 0 Å². The van der Waals surface area contributed by atoms with Crippen LogP contribution in [0.15, 0.2) is 22.7 Å². The van der Waals surface area contributed by atoms with Gasteiger partial charge in [0.1, 0.15) is 5.82 Å². The highest BCUT2D eigenvalue weighted by atomic mass is 79.9. The lowest BCUT2D eigenvalue weighted by atomic mass is 10.0. The molecule has 4 heteroatoms. The molecule has 1 N–H and O–H groups in total. The van der Waals surface area contributed by atoms with E-state index in [1.54, 1.807) is 12.1 Å². The summed E-state index contributed by atoms with van der Waals surface area (Å²) in [4.78, 5) is 11.0. The molecule has 0 aromatic heterocycles. The predicted molar refractivity (Wildman–Crippen MR) is 58.8 cm³/mol. The second kappa shape index (κ2) is 3.59. The number of benzene rings is 1. The van der Waals surface area contributed by atoms with Crippen LogP contribution in [0.5, 0.6) is 0 Å². The van der Waals surface area contributed by atoms with Crippen LogP contribution < -0.4 is 5.32 Å². The predicted octanol–water partition coefficient (Wildman–Crippen LogP) is 2.71. The third-order valence-electron chi connectivity index (χ3n) is 2.61. The van der Waals surface area contributed by atoms with Crippen LogP contribution in [-0.2, 0) is 10.3 Å². The number of hydrogen-bond acceptors (Lipinski definition) is 1. The first-order valence-electron chi connectivity index (χ1n) is 4.78. The van der Waals surface area contributed by atoms with Gasteiger partial charge in [0.05, 0.1) is 5.54 Å². The topological polar surface area (TPSA) is 29.1 Å². The van der Waals surface area contributed by atoms with Crippen molar-refractivity contribution in [2.45, 2.75) is 25.3 Å². The molecule has 80 valence electrons. The molecule has 0 spiro atoms. The Kier molecular flexibility index (Phi) is 2.54. The average molecular weight is 272 g/mol. The number of nitrogens with one attached hydrogen (secondary N) is 1. The Bertz CT molecular complexity index is 415. The lowest BCUT2D eigenvalue weighted by Crippen LogP contribution is -2.33. The fraction of sp³-hybridized carbons (Fsp3) is 0.364. The minimum Gasteiger partial charge on any atom is -0.347 e. The van der Waals surface area contributed by atoms with E-state index in [9.17, 15) is 9.18 Å². The van der Waals surface area contributed by atoms with Gasteiger partial charge >= 0.3 is 0 Å². The summed E-state index contributed by atoms with van der Waals surface area (Å²) in [7, 11) is 0. The monoisotopic (exact) mass is 271 g/mol. The summed E-state index contributed by atoms with van der Waals surface area (Å²) in [5.74, 6) is -0.384. The van der Waals surface area contributed by atoms with Gasteiger partial charge in [0.2, 0.25) is 5.91 Å². The van der Waals surface area contributed by atoms with Crippen molar-refractivity contribution in [2.75, 3.05) is 0 Å². The Morgan fingerprint density at radius 3 is 2.67 bits per heavy atom. The Morgan fingerprint density at radius 1 is 1.53 bits per heavy atom. The molecular formula is C11H11BrFNO. The number of amides is 1. The molecule has 1 fully saturated rings. The summed E-state index contributed by atoms with van der Waals surface area (Å²) in [6, 6.07) is 4.94. The molecule has 0 unspecified atom stereocenters. The van der Waals surface area contributed by atoms with Crippen molar-refractivity contribution in [1.82, 2.24) is 5.32 Å². The van der Waals surface area contributed by atoms with Gasteiger partial charge in [0.25, 0.3) is 0 Å². The zero-order chi connectivity index (χ0) is 11.1. The maximum Gasteiger partial charge on any atom is 0.217 e. The quantitative estimate of drug-likeness (QED) is 0.881. The van der Waals surface area contributed by atoms with E-state index in [1.165, 1.54) is 13.0 Å². The molecule has 0 heterocycles. The molecule has 1 aromatic carbocycles. The van der Waals surface area contributed by atoms with Gasteiger partial charge < -0.3 is 5.32 Å². The Balaban J connectivity index is 2.33. The van der Waals surface area contributed by atoms with Crippen molar-refractivity contribution in [1.29, 1.82) is 0 Å². The second-order valence-electron chi connectivity index (χ2n) is 3.89. The van der Waals surface area contributed by atoms with E-state index in [2.05, 4.69) is 21.2 Å². The molecule has 1 aliphatic carbocycles. The molecule has 2 rings (SSSR count). The fourth-order valence-electron chi connectivity index (χ4n) is 1.80. The summed E-state index contributed by atoms with van der Waals surface area (Å²) in [5, 5.41) is 2.81. The third kappa shape index (κ3) is 2.04. The van der Waals surface area contributed by atoms with Gasteiger partial charge in [-0.05, 0) is 25.0 Å². The van der Waals surface area contributed by atoms with Gasteiger partial charge in [-0.3, -0.25) is 4.79 Å². The Hall–Kier alpha value is -0.900. The van der Waals surface area contributed by atoms with E-state index in [0.29, 0.717) is 10.0 Å². The number of halogens is 2. The van der Waals surface area contributed by atoms with Gasteiger partial charge in [-0.2, -0.15) is 0 Å². The third-order valence-corrected chi connectivity index (χ3v) is 3.11. The van der Waals surface area contributed by atoms with Crippen LogP contribution in [0.3, 0.4) is 0 Å². The number of carbonyl (C=O) groups is 1. The first-order chi connectivity index (χ1) is 7.03. The van der Waals surface area contributed by atoms with E-state index < -0.39 is 5.54 Å². The van der Waals surface area contributed by atoms with Crippen molar-refractivity contribution in [3.63, 3.8) is 0 Å². The van der Waals surface area contributed by atoms with Crippen LogP contribution >= 0.6 is 15.9 Å². The minimum absolute atomic E-state index is 0.116. The first-order valence-corrected chi connectivity index (χ1v) is 5.57. The lowest BCUT2D eigenvalue weighted by molar-refractivity contribution is -0.120. The highest BCUT2D eigenvalue weighted by Crippen LogP contribution is 2.46. The smallest absolute Gasteiger partial charge is 0.217 e. The summed E-state index contributed by atoms with van der Waals surface area (Å²) in [6.45, 7) is 1.46. The Morgan fingerprint density at radius 2 is 2.20 bits per heavy atom. The summed E-state index contributed by atoms with van der Waals surface area (Å²) < 4.78 is 14.4. The average Bonchev–Trinajstić information content (AvgIpc) is 2.83. The van der Waals surface area contributed by atoms with E-state index >= 15 is 0 Å². The van der Waals surface area contributed by atoms with Crippen molar-refractivity contribution in [3.05, 3.63) is 34.1 Å². The molecule has 1 aromatic rings. The number of carbonyl (C=O) groups excluding carboxylic acids is 1. The van der Waals surface area contributed by atoms with E-state index in [1.807, 2.05) is 0 Å². The second-order valence-corrected chi connectivity index (χ2v) is 4.80. The van der Waals surface area contributed by atoms with E-state index in [-0.39, 0.29) is 11.7 Å². The van der Waals surface area contributed by atoms with Gasteiger partial charge in [0.15, 0.2) is 0 Å². The van der Waals surface area contributed by atoms with Gasteiger partial charge in [0, 0.05) is 17.0 Å². The van der Waals surface area contributed by atoms with Crippen LogP contribution in [-0.4, -0.2) is 5.91 Å². The number of rotatable bonds is 2. The molecule has 0 radical (unpaired) electrons. The summed E-state index contributed by atoms with van der Waals surface area (Å²) in [5.41, 5.74) is 0.136. The molecule has 1 saturated carbocycles. The highest BCUT2D eigenvalue weighted by molar-refractivity contribution is 9.10. The van der Waals surface area contributed by atoms with Gasteiger partial charge in [-0.15, -0.1) is 0 Å². The highest BCUT2D eigenvalue weighted by Gasteiger charge is 2.46. The fourth-order valence-corrected chi connectivity index (χ4v) is 2.13. The molecule has 1 amide bonds. The molecule has 2 nitrogen and oxygen atoms in total. The van der Waals surface area contributed by atoms with Gasteiger partial charge in [-0.1, -0.05) is 22.0 Å². The van der Waals surface area contributed by atoms with E-state index in [0.717, 1.165) is 12.8 Å². The summed E-state index contributed by atoms with van der Waals surface area (Å²) >= 11 is 3.21. The minimum atomic E-state index is -0.448. The van der Waals surface area contributed by atoms with Crippen molar-refractivity contribution in [2.24, 2.45) is 0 Å². The molecular weight excluding hydrogens is 261 g/mol. The molecule has 0 aliphatic heterocycles. The Labute approximate surface area is 96.0 Å². The summed E-state index contributed by atoms with van der Waals surface area (Å²) in [6.07, 6.45) is 1.62. The maximum atomic E-state index is 13.7. The molecule has 0 atom stereocenters. The van der Waals surface area contributed by atoms with Crippen LogP contribution in [0.1, 0.15) is 25.3 Å². The molecule has 1 aliphatic rings. The molecule has 0 saturated heterocycles. The zero-order valence-corrected chi connectivity index (χ0v) is 9.90. The molecule has 0 bridgehead atoms. The van der Waals surface area contributed by atoms with Crippen LogP contribution in [0.4, 0.5) is 4.39 Å². The maximum absolute atomic E-state index is 13.7. The SMILES string of the molecule is CC(=O)NC1(c2ccc(Br)cc2F)CC1. The van der Waals surface area contributed by atoms with Gasteiger partial charge in [-0.25, -0.2) is 4.39 Å². The van der Waals surface area contributed by atoms with Crippen LogP contribution in [0, 0.1) is 5.82 Å². The first kappa shape index (κ1) is 10.6. The zero-order valence-electron chi connectivity index (χ0n) is 8.31. The van der Waals surface area contributed by atoms with Crippen molar-refractivity contribution < 1.29 is 9.18 Å². The van der Waals surface area contributed by atoms with Crippen molar-refractivity contribution >= 4 is 21.8 Å². The lowest BCUT2D eigenvalue weighted by Gasteiger charge is -2.17. The standard InChI is InChI=1S/C11H11BrFNO/c1-7(15)14-11(4-5-11)9-3-2-8(12)6-10(9)13/h2-3,6H,4-5H2,1H3,(H,14,15). The largest absolute Gasteiger partial charge is 0.347 e. The normalized spacial score (nSPS) is 17.3. The molecule has 15 heavy (non-hydrogen) atoms. The van der Waals surface area contributed by atoms with Crippen molar-refractivity contribution in [3.8, 4) is 0 Å².